The quantitative estimate of drug-likeness (QED) is 0.921. The van der Waals surface area contributed by atoms with E-state index in [1.165, 1.54) is 30.4 Å². The Bertz CT molecular complexity index is 538. The molecular formula is C14H15BrN2S. The molecule has 18 heavy (non-hydrogen) atoms. The maximum Gasteiger partial charge on any atom is 0.0410 e. The van der Waals surface area contributed by atoms with Crippen LogP contribution in [0.1, 0.15) is 34.9 Å². The Labute approximate surface area is 120 Å². The molecule has 2 aromatic rings. The molecule has 0 saturated carbocycles. The van der Waals surface area contributed by atoms with Gasteiger partial charge in [-0.1, -0.05) is 0 Å². The van der Waals surface area contributed by atoms with Gasteiger partial charge in [-0.15, -0.1) is 11.3 Å². The highest BCUT2D eigenvalue weighted by Crippen LogP contribution is 2.33. The van der Waals surface area contributed by atoms with E-state index in [1.54, 1.807) is 4.88 Å². The molecule has 1 aliphatic rings. The molecule has 2 heterocycles. The number of pyridine rings is 1. The van der Waals surface area contributed by atoms with Crippen LogP contribution in [0.2, 0.25) is 0 Å². The molecule has 3 rings (SSSR count). The first-order valence-electron chi connectivity index (χ1n) is 6.22. The normalized spacial score (nSPS) is 18.6. The van der Waals surface area contributed by atoms with Crippen LogP contribution in [-0.2, 0) is 13.0 Å². The Morgan fingerprint density at radius 2 is 2.39 bits per heavy atom. The summed E-state index contributed by atoms with van der Waals surface area (Å²) < 4.78 is 1.04. The van der Waals surface area contributed by atoms with Crippen LogP contribution in [0.5, 0.6) is 0 Å². The minimum atomic E-state index is 0.513. The lowest BCUT2D eigenvalue weighted by molar-refractivity contribution is 0.463. The second kappa shape index (κ2) is 5.51. The monoisotopic (exact) mass is 322 g/mol. The van der Waals surface area contributed by atoms with Gasteiger partial charge < -0.3 is 5.32 Å². The predicted molar refractivity (Wildman–Crippen MR) is 78.8 cm³/mol. The number of hydrogen-bond donors (Lipinski definition) is 1. The molecule has 94 valence electrons. The molecule has 0 aliphatic heterocycles. The average molecular weight is 323 g/mol. The van der Waals surface area contributed by atoms with Gasteiger partial charge in [0.2, 0.25) is 0 Å². The van der Waals surface area contributed by atoms with Crippen molar-refractivity contribution >= 4 is 27.3 Å². The molecule has 1 N–H and O–H groups in total. The number of aryl methyl sites for hydroxylation is 1. The van der Waals surface area contributed by atoms with Crippen LogP contribution in [0, 0.1) is 0 Å². The number of nitrogens with one attached hydrogen (secondary N) is 1. The van der Waals surface area contributed by atoms with Crippen molar-refractivity contribution in [3.63, 3.8) is 0 Å². The third-order valence-corrected chi connectivity index (χ3v) is 4.80. The summed E-state index contributed by atoms with van der Waals surface area (Å²) in [5.74, 6) is 0. The molecule has 4 heteroatoms. The van der Waals surface area contributed by atoms with Gasteiger partial charge in [-0.05, 0) is 63.8 Å². The molecule has 1 unspecified atom stereocenters. The second-order valence-corrected chi connectivity index (χ2v) is 6.55. The van der Waals surface area contributed by atoms with Crippen molar-refractivity contribution in [2.45, 2.75) is 31.8 Å². The van der Waals surface area contributed by atoms with Crippen LogP contribution in [0.25, 0.3) is 0 Å². The maximum atomic E-state index is 4.20. The number of nitrogens with zero attached hydrogens (tertiary/aromatic N) is 1. The zero-order chi connectivity index (χ0) is 12.4. The van der Waals surface area contributed by atoms with Gasteiger partial charge in [-0.3, -0.25) is 4.98 Å². The largest absolute Gasteiger partial charge is 0.306 e. The van der Waals surface area contributed by atoms with Gasteiger partial charge in [0.15, 0.2) is 0 Å². The summed E-state index contributed by atoms with van der Waals surface area (Å²) in [5.41, 5.74) is 2.74. The molecule has 1 aliphatic carbocycles. The average Bonchev–Trinajstić information content (AvgIpc) is 2.85. The summed E-state index contributed by atoms with van der Waals surface area (Å²) in [6.07, 6.45) is 7.53. The first kappa shape index (κ1) is 12.3. The summed E-state index contributed by atoms with van der Waals surface area (Å²) in [4.78, 5) is 5.76. The maximum absolute atomic E-state index is 4.20. The number of thiophene rings is 1. The highest BCUT2D eigenvalue weighted by molar-refractivity contribution is 9.10. The summed E-state index contributed by atoms with van der Waals surface area (Å²) in [6.45, 7) is 0.881. The van der Waals surface area contributed by atoms with E-state index in [9.17, 15) is 0 Å². The molecule has 0 bridgehead atoms. The van der Waals surface area contributed by atoms with Gasteiger partial charge in [0.25, 0.3) is 0 Å². The zero-order valence-corrected chi connectivity index (χ0v) is 12.4. The number of fused-ring (bicyclic) bond motifs is 1. The van der Waals surface area contributed by atoms with E-state index in [-0.39, 0.29) is 0 Å². The van der Waals surface area contributed by atoms with E-state index >= 15 is 0 Å². The molecule has 2 nitrogen and oxygen atoms in total. The SMILES string of the molecule is Brc1cncc(CNC2CCCc3sccc32)c1. The Hall–Kier alpha value is -0.710. The lowest BCUT2D eigenvalue weighted by Gasteiger charge is -2.23. The molecule has 0 saturated heterocycles. The molecule has 0 aromatic carbocycles. The van der Waals surface area contributed by atoms with Crippen LogP contribution < -0.4 is 5.32 Å². The Balaban J connectivity index is 1.68. The molecule has 1 atom stereocenters. The number of aromatic nitrogens is 1. The predicted octanol–water partition coefficient (Wildman–Crippen LogP) is 4.07. The van der Waals surface area contributed by atoms with Crippen molar-refractivity contribution in [3.05, 3.63) is 50.4 Å². The standard InChI is InChI=1S/C14H15BrN2S/c15-11-6-10(7-16-9-11)8-17-13-2-1-3-14-12(13)4-5-18-14/h4-7,9,13,17H,1-3,8H2. The highest BCUT2D eigenvalue weighted by atomic mass is 79.9. The summed E-state index contributed by atoms with van der Waals surface area (Å²) in [7, 11) is 0. The fourth-order valence-corrected chi connectivity index (χ4v) is 3.89. The van der Waals surface area contributed by atoms with Crippen LogP contribution >= 0.6 is 27.3 Å². The van der Waals surface area contributed by atoms with Gasteiger partial charge in [0, 0.05) is 34.3 Å². The lowest BCUT2D eigenvalue weighted by atomic mass is 9.94. The fraction of sp³-hybridized carbons (Fsp3) is 0.357. The summed E-state index contributed by atoms with van der Waals surface area (Å²) in [6, 6.07) is 4.91. The Morgan fingerprint density at radius 1 is 1.44 bits per heavy atom. The number of hydrogen-bond acceptors (Lipinski definition) is 3. The van der Waals surface area contributed by atoms with Crippen molar-refractivity contribution < 1.29 is 0 Å². The van der Waals surface area contributed by atoms with E-state index in [2.05, 4.69) is 43.7 Å². The first-order valence-corrected chi connectivity index (χ1v) is 7.89. The van der Waals surface area contributed by atoms with Crippen molar-refractivity contribution in [3.8, 4) is 0 Å². The van der Waals surface area contributed by atoms with Gasteiger partial charge >= 0.3 is 0 Å². The lowest BCUT2D eigenvalue weighted by Crippen LogP contribution is -2.23. The van der Waals surface area contributed by atoms with Crippen molar-refractivity contribution in [2.24, 2.45) is 0 Å². The molecule has 0 fully saturated rings. The minimum absolute atomic E-state index is 0.513. The van der Waals surface area contributed by atoms with E-state index in [0.29, 0.717) is 6.04 Å². The molecule has 0 spiro atoms. The van der Waals surface area contributed by atoms with Crippen LogP contribution in [-0.4, -0.2) is 4.98 Å². The third kappa shape index (κ3) is 2.66. The van der Waals surface area contributed by atoms with Crippen molar-refractivity contribution in [1.29, 1.82) is 0 Å². The zero-order valence-electron chi connectivity index (χ0n) is 10.0. The topological polar surface area (TPSA) is 24.9 Å². The highest BCUT2D eigenvalue weighted by Gasteiger charge is 2.20. The van der Waals surface area contributed by atoms with E-state index < -0.39 is 0 Å². The van der Waals surface area contributed by atoms with Gasteiger partial charge in [-0.25, -0.2) is 0 Å². The summed E-state index contributed by atoms with van der Waals surface area (Å²) >= 11 is 5.35. The van der Waals surface area contributed by atoms with Crippen LogP contribution in [0.3, 0.4) is 0 Å². The molecular weight excluding hydrogens is 308 g/mol. The van der Waals surface area contributed by atoms with Gasteiger partial charge in [-0.2, -0.15) is 0 Å². The van der Waals surface area contributed by atoms with E-state index in [1.807, 2.05) is 23.7 Å². The Kier molecular flexibility index (Phi) is 3.77. The number of rotatable bonds is 3. The second-order valence-electron chi connectivity index (χ2n) is 4.64. The first-order chi connectivity index (χ1) is 8.83. The van der Waals surface area contributed by atoms with Crippen molar-refractivity contribution in [1.82, 2.24) is 10.3 Å². The van der Waals surface area contributed by atoms with Gasteiger partial charge in [0.1, 0.15) is 0 Å². The molecule has 0 radical (unpaired) electrons. The van der Waals surface area contributed by atoms with Crippen molar-refractivity contribution in [2.75, 3.05) is 0 Å². The van der Waals surface area contributed by atoms with Crippen LogP contribution in [0.15, 0.2) is 34.4 Å². The van der Waals surface area contributed by atoms with E-state index in [4.69, 9.17) is 0 Å². The van der Waals surface area contributed by atoms with Crippen LogP contribution in [0.4, 0.5) is 0 Å². The van der Waals surface area contributed by atoms with Gasteiger partial charge in [0.05, 0.1) is 0 Å². The third-order valence-electron chi connectivity index (χ3n) is 3.37. The number of halogens is 1. The molecule has 2 aromatic heterocycles. The molecule has 0 amide bonds. The smallest absolute Gasteiger partial charge is 0.0410 e. The summed E-state index contributed by atoms with van der Waals surface area (Å²) in [5, 5.41) is 5.87. The van der Waals surface area contributed by atoms with E-state index in [0.717, 1.165) is 11.0 Å². The fourth-order valence-electron chi connectivity index (χ4n) is 2.49. The minimum Gasteiger partial charge on any atom is -0.306 e. The Morgan fingerprint density at radius 3 is 3.28 bits per heavy atom.